The predicted octanol–water partition coefficient (Wildman–Crippen LogP) is 3.65. The van der Waals surface area contributed by atoms with Crippen molar-refractivity contribution < 1.29 is 22.7 Å². The van der Waals surface area contributed by atoms with Crippen LogP contribution in [0.15, 0.2) is 24.5 Å². The molecule has 0 saturated carbocycles. The monoisotopic (exact) mass is 300 g/mol. The zero-order chi connectivity index (χ0) is 15.5. The summed E-state index contributed by atoms with van der Waals surface area (Å²) in [7, 11) is 0. The molecule has 4 nitrogen and oxygen atoms in total. The largest absolute Gasteiger partial charge is 0.492 e. The van der Waals surface area contributed by atoms with Gasteiger partial charge in [0.05, 0.1) is 30.1 Å². The van der Waals surface area contributed by atoms with E-state index in [1.165, 1.54) is 10.7 Å². The number of alkyl halides is 3. The van der Waals surface area contributed by atoms with Crippen LogP contribution in [0.2, 0.25) is 0 Å². The average Bonchev–Trinajstić information content (AvgIpc) is 2.85. The van der Waals surface area contributed by atoms with Crippen LogP contribution in [0.1, 0.15) is 36.5 Å². The molecule has 0 aliphatic heterocycles. The van der Waals surface area contributed by atoms with Gasteiger partial charge in [-0.3, -0.25) is 4.79 Å². The van der Waals surface area contributed by atoms with E-state index in [1.807, 2.05) is 0 Å². The fraction of sp³-hybridized carbons (Fsp3) is 0.429. The molecule has 0 amide bonds. The SMILES string of the molecule is CCC(=O)c1cnn2cc(OCCCC(F)(F)F)ccc12. The molecule has 7 heteroatoms. The van der Waals surface area contributed by atoms with Crippen molar-refractivity contribution in [2.24, 2.45) is 0 Å². The van der Waals surface area contributed by atoms with Gasteiger partial charge in [-0.2, -0.15) is 18.3 Å². The highest BCUT2D eigenvalue weighted by molar-refractivity contribution is 6.01. The van der Waals surface area contributed by atoms with E-state index in [9.17, 15) is 18.0 Å². The number of halogens is 3. The lowest BCUT2D eigenvalue weighted by molar-refractivity contribution is -0.136. The molecule has 114 valence electrons. The third kappa shape index (κ3) is 3.96. The van der Waals surface area contributed by atoms with E-state index in [0.717, 1.165) is 0 Å². The smallest absolute Gasteiger partial charge is 0.389 e. The zero-order valence-electron chi connectivity index (χ0n) is 11.5. The van der Waals surface area contributed by atoms with Gasteiger partial charge in [-0.05, 0) is 18.6 Å². The molecule has 0 aromatic carbocycles. The molecule has 0 fully saturated rings. The molecule has 2 aromatic rings. The Morgan fingerprint density at radius 1 is 1.38 bits per heavy atom. The Morgan fingerprint density at radius 3 is 2.81 bits per heavy atom. The van der Waals surface area contributed by atoms with Crippen molar-refractivity contribution in [3.8, 4) is 5.75 Å². The molecule has 0 unspecified atom stereocenters. The molecule has 2 aromatic heterocycles. The third-order valence-corrected chi connectivity index (χ3v) is 2.98. The standard InChI is InChI=1S/C14H15F3N2O2/c1-2-13(20)11-8-18-19-9-10(4-5-12(11)19)21-7-3-6-14(15,16)17/h4-5,8-9H,2-3,6-7H2,1H3. The molecule has 0 aliphatic rings. The maximum Gasteiger partial charge on any atom is 0.389 e. The minimum atomic E-state index is -4.16. The van der Waals surface area contributed by atoms with Gasteiger partial charge in [0.25, 0.3) is 0 Å². The first-order chi connectivity index (χ1) is 9.90. The van der Waals surface area contributed by atoms with Crippen LogP contribution >= 0.6 is 0 Å². The quantitative estimate of drug-likeness (QED) is 0.604. The number of fused-ring (bicyclic) bond motifs is 1. The molecule has 0 bridgehead atoms. The van der Waals surface area contributed by atoms with Crippen molar-refractivity contribution in [3.05, 3.63) is 30.1 Å². The Kier molecular flexibility index (Phi) is 4.50. The number of hydrogen-bond acceptors (Lipinski definition) is 3. The molecule has 0 saturated heterocycles. The highest BCUT2D eigenvalue weighted by atomic mass is 19.4. The summed E-state index contributed by atoms with van der Waals surface area (Å²) in [5, 5.41) is 4.05. The van der Waals surface area contributed by atoms with Gasteiger partial charge in [-0.25, -0.2) is 4.52 Å². The Labute approximate surface area is 119 Å². The Bertz CT molecular complexity index is 635. The number of ether oxygens (including phenoxy) is 1. The highest BCUT2D eigenvalue weighted by Crippen LogP contribution is 2.22. The van der Waals surface area contributed by atoms with E-state index < -0.39 is 12.6 Å². The fourth-order valence-corrected chi connectivity index (χ4v) is 1.92. The zero-order valence-corrected chi connectivity index (χ0v) is 11.5. The minimum absolute atomic E-state index is 0.0103. The van der Waals surface area contributed by atoms with Crippen LogP contribution < -0.4 is 4.74 Å². The number of aromatic nitrogens is 2. The number of carbonyl (C=O) groups is 1. The summed E-state index contributed by atoms with van der Waals surface area (Å²) in [6, 6.07) is 3.30. The summed E-state index contributed by atoms with van der Waals surface area (Å²) < 4.78 is 42.7. The molecule has 0 N–H and O–H groups in total. The number of nitrogens with zero attached hydrogens (tertiary/aromatic N) is 2. The second-order valence-electron chi connectivity index (χ2n) is 4.60. The van der Waals surface area contributed by atoms with Gasteiger partial charge in [-0.15, -0.1) is 0 Å². The van der Waals surface area contributed by atoms with E-state index in [2.05, 4.69) is 5.10 Å². The van der Waals surface area contributed by atoms with E-state index in [-0.39, 0.29) is 18.8 Å². The van der Waals surface area contributed by atoms with Crippen LogP contribution in [0, 0.1) is 0 Å². The van der Waals surface area contributed by atoms with Crippen LogP contribution in [-0.2, 0) is 0 Å². The molecule has 0 aliphatic carbocycles. The lowest BCUT2D eigenvalue weighted by Gasteiger charge is -2.08. The summed E-state index contributed by atoms with van der Waals surface area (Å²) in [5.74, 6) is 0.409. The number of rotatable bonds is 6. The number of ketones is 1. The van der Waals surface area contributed by atoms with Crippen LogP contribution in [0.25, 0.3) is 5.52 Å². The van der Waals surface area contributed by atoms with Crippen molar-refractivity contribution in [1.29, 1.82) is 0 Å². The second kappa shape index (κ2) is 6.15. The van der Waals surface area contributed by atoms with Crippen LogP contribution in [0.4, 0.5) is 13.2 Å². The first-order valence-electron chi connectivity index (χ1n) is 6.61. The van der Waals surface area contributed by atoms with Crippen LogP contribution in [0.3, 0.4) is 0 Å². The molecule has 0 spiro atoms. The van der Waals surface area contributed by atoms with E-state index in [0.29, 0.717) is 23.3 Å². The Morgan fingerprint density at radius 2 is 2.14 bits per heavy atom. The number of Topliss-reactive ketones (excluding diaryl/α,β-unsaturated/α-hetero) is 1. The first-order valence-corrected chi connectivity index (χ1v) is 6.61. The van der Waals surface area contributed by atoms with Crippen LogP contribution in [0.5, 0.6) is 5.75 Å². The van der Waals surface area contributed by atoms with Gasteiger partial charge in [-0.1, -0.05) is 6.92 Å². The van der Waals surface area contributed by atoms with Gasteiger partial charge >= 0.3 is 6.18 Å². The van der Waals surface area contributed by atoms with Gasteiger partial charge in [0.1, 0.15) is 5.75 Å². The summed E-state index contributed by atoms with van der Waals surface area (Å²) in [4.78, 5) is 11.7. The predicted molar refractivity (Wildman–Crippen MR) is 70.6 cm³/mol. The lowest BCUT2D eigenvalue weighted by atomic mass is 10.1. The van der Waals surface area contributed by atoms with Crippen LogP contribution in [-0.4, -0.2) is 28.2 Å². The minimum Gasteiger partial charge on any atom is -0.492 e. The van der Waals surface area contributed by atoms with Crippen molar-refractivity contribution in [2.45, 2.75) is 32.4 Å². The van der Waals surface area contributed by atoms with Crippen molar-refractivity contribution in [3.63, 3.8) is 0 Å². The van der Waals surface area contributed by atoms with Gasteiger partial charge in [0.15, 0.2) is 5.78 Å². The fourth-order valence-electron chi connectivity index (χ4n) is 1.92. The lowest BCUT2D eigenvalue weighted by Crippen LogP contribution is -2.09. The number of carbonyl (C=O) groups excluding carboxylic acids is 1. The molecule has 0 radical (unpaired) electrons. The van der Waals surface area contributed by atoms with Gasteiger partial charge < -0.3 is 4.74 Å². The first kappa shape index (κ1) is 15.3. The van der Waals surface area contributed by atoms with Crippen molar-refractivity contribution in [1.82, 2.24) is 9.61 Å². The molecular formula is C14H15F3N2O2. The number of pyridine rings is 1. The van der Waals surface area contributed by atoms with Gasteiger partial charge in [0.2, 0.25) is 0 Å². The van der Waals surface area contributed by atoms with Crippen molar-refractivity contribution in [2.75, 3.05) is 6.61 Å². The van der Waals surface area contributed by atoms with E-state index in [4.69, 9.17) is 4.74 Å². The Balaban J connectivity index is 2.02. The highest BCUT2D eigenvalue weighted by Gasteiger charge is 2.26. The summed E-state index contributed by atoms with van der Waals surface area (Å²) in [6.07, 6.45) is -1.71. The number of hydrogen-bond donors (Lipinski definition) is 0. The molecule has 2 heterocycles. The van der Waals surface area contributed by atoms with Crippen molar-refractivity contribution >= 4 is 11.3 Å². The summed E-state index contributed by atoms with van der Waals surface area (Å²) in [6.45, 7) is 1.75. The third-order valence-electron chi connectivity index (χ3n) is 2.98. The second-order valence-corrected chi connectivity index (χ2v) is 4.60. The topological polar surface area (TPSA) is 43.6 Å². The summed E-state index contributed by atoms with van der Waals surface area (Å²) in [5.41, 5.74) is 1.19. The Hall–Kier alpha value is -2.05. The molecule has 21 heavy (non-hydrogen) atoms. The molecule has 2 rings (SSSR count). The van der Waals surface area contributed by atoms with Gasteiger partial charge in [0, 0.05) is 12.8 Å². The molecule has 0 atom stereocenters. The van der Waals surface area contributed by atoms with E-state index in [1.54, 1.807) is 25.3 Å². The van der Waals surface area contributed by atoms with E-state index >= 15 is 0 Å². The average molecular weight is 300 g/mol. The normalized spacial score (nSPS) is 11.8. The summed E-state index contributed by atoms with van der Waals surface area (Å²) >= 11 is 0. The molecular weight excluding hydrogens is 285 g/mol. The maximum absolute atomic E-state index is 12.0. The maximum atomic E-state index is 12.0.